The fourth-order valence-electron chi connectivity index (χ4n) is 2.55. The van der Waals surface area contributed by atoms with Gasteiger partial charge in [0.05, 0.1) is 11.4 Å². The van der Waals surface area contributed by atoms with Crippen molar-refractivity contribution < 1.29 is 0 Å². The summed E-state index contributed by atoms with van der Waals surface area (Å²) in [4.78, 5) is 8.90. The first-order valence-corrected chi connectivity index (χ1v) is 9.83. The molecule has 0 saturated heterocycles. The second kappa shape index (κ2) is 13.6. The first-order chi connectivity index (χ1) is 14.3. The fraction of sp³-hybridized carbons (Fsp3) is 0.111. The Hall–Kier alpha value is -3.52. The molecule has 2 heterocycles. The molecule has 0 aromatic carbocycles. The molecule has 2 aromatic heterocycles. The van der Waals surface area contributed by atoms with E-state index in [4.69, 9.17) is 0 Å². The molecule has 29 heavy (non-hydrogen) atoms. The smallest absolute Gasteiger partial charge is 0.0886 e. The maximum atomic E-state index is 4.56. The summed E-state index contributed by atoms with van der Waals surface area (Å²) in [6.45, 7) is 5.83. The third kappa shape index (κ3) is 8.35. The predicted octanol–water partition coefficient (Wildman–Crippen LogP) is 7.29. The van der Waals surface area contributed by atoms with Gasteiger partial charge in [0.25, 0.3) is 0 Å². The van der Waals surface area contributed by atoms with E-state index in [9.17, 15) is 0 Å². The van der Waals surface area contributed by atoms with Crippen molar-refractivity contribution in [1.82, 2.24) is 9.97 Å². The van der Waals surface area contributed by atoms with Gasteiger partial charge in [0, 0.05) is 18.0 Å². The third-order valence-electron chi connectivity index (χ3n) is 4.00. The van der Waals surface area contributed by atoms with Crippen LogP contribution >= 0.6 is 0 Å². The molecule has 0 atom stereocenters. The summed E-state index contributed by atoms with van der Waals surface area (Å²) in [6.07, 6.45) is 30.1. The number of unbranched alkanes of at least 4 members (excludes halogenated alkanes) is 1. The summed E-state index contributed by atoms with van der Waals surface area (Å²) < 4.78 is 0. The largest absolute Gasteiger partial charge is 0.255 e. The first-order valence-electron chi connectivity index (χ1n) is 9.83. The lowest BCUT2D eigenvalue weighted by Crippen LogP contribution is -1.89. The lowest BCUT2D eigenvalue weighted by molar-refractivity contribution is 1.05. The quantitative estimate of drug-likeness (QED) is 0.319. The van der Waals surface area contributed by atoms with Crippen molar-refractivity contribution in [2.45, 2.75) is 19.8 Å². The minimum atomic E-state index is 0.870. The zero-order valence-corrected chi connectivity index (χ0v) is 17.0. The van der Waals surface area contributed by atoms with Crippen LogP contribution in [0.5, 0.6) is 0 Å². The number of hydrogen-bond donors (Lipinski definition) is 0. The molecule has 0 radical (unpaired) electrons. The Kier molecular flexibility index (Phi) is 10.2. The maximum Gasteiger partial charge on any atom is 0.0886 e. The Labute approximate surface area is 174 Å². The summed E-state index contributed by atoms with van der Waals surface area (Å²) in [5.74, 6) is 0. The Morgan fingerprint density at radius 2 is 1.62 bits per heavy atom. The molecular weight excluding hydrogens is 352 g/mol. The number of nitrogens with zero attached hydrogens (tertiary/aromatic N) is 2. The van der Waals surface area contributed by atoms with Crippen LogP contribution in [0, 0.1) is 0 Å². The van der Waals surface area contributed by atoms with E-state index in [-0.39, 0.29) is 0 Å². The van der Waals surface area contributed by atoms with Crippen molar-refractivity contribution in [2.24, 2.45) is 0 Å². The van der Waals surface area contributed by atoms with Gasteiger partial charge >= 0.3 is 0 Å². The summed E-state index contributed by atoms with van der Waals surface area (Å²) in [6, 6.07) is 9.91. The molecule has 0 aliphatic rings. The molecule has 2 nitrogen and oxygen atoms in total. The Balaban J connectivity index is 1.90. The van der Waals surface area contributed by atoms with Crippen molar-refractivity contribution in [3.63, 3.8) is 0 Å². The van der Waals surface area contributed by atoms with Crippen molar-refractivity contribution in [1.29, 1.82) is 0 Å². The van der Waals surface area contributed by atoms with Crippen LogP contribution in [-0.4, -0.2) is 9.97 Å². The van der Waals surface area contributed by atoms with Crippen LogP contribution in [-0.2, 0) is 0 Å². The molecule has 0 fully saturated rings. The average Bonchev–Trinajstić information content (AvgIpc) is 2.77. The van der Waals surface area contributed by atoms with Gasteiger partial charge in [-0.05, 0) is 43.5 Å². The summed E-state index contributed by atoms with van der Waals surface area (Å²) in [7, 11) is 0. The van der Waals surface area contributed by atoms with Gasteiger partial charge in [-0.2, -0.15) is 0 Å². The monoisotopic (exact) mass is 380 g/mol. The van der Waals surface area contributed by atoms with E-state index in [1.807, 2.05) is 79.9 Å². The van der Waals surface area contributed by atoms with Crippen LogP contribution in [0.2, 0.25) is 0 Å². The van der Waals surface area contributed by atoms with Crippen LogP contribution in [0.3, 0.4) is 0 Å². The molecule has 0 unspecified atom stereocenters. The second-order valence-electron chi connectivity index (χ2n) is 6.21. The van der Waals surface area contributed by atoms with E-state index in [1.165, 1.54) is 0 Å². The number of aromatic nitrogens is 2. The second-order valence-corrected chi connectivity index (χ2v) is 6.21. The van der Waals surface area contributed by atoms with Crippen LogP contribution < -0.4 is 0 Å². The van der Waals surface area contributed by atoms with Crippen molar-refractivity contribution in [3.05, 3.63) is 128 Å². The van der Waals surface area contributed by atoms with Crippen LogP contribution in [0.15, 0.2) is 122 Å². The number of allylic oxidation sites excluding steroid dienone is 13. The van der Waals surface area contributed by atoms with Crippen LogP contribution in [0.25, 0.3) is 17.0 Å². The fourth-order valence-corrected chi connectivity index (χ4v) is 2.55. The van der Waals surface area contributed by atoms with E-state index in [0.717, 1.165) is 35.4 Å². The lowest BCUT2D eigenvalue weighted by atomic mass is 10.1. The maximum absolute atomic E-state index is 4.56. The molecule has 0 N–H and O–H groups in total. The summed E-state index contributed by atoms with van der Waals surface area (Å²) in [5.41, 5.74) is 3.90. The van der Waals surface area contributed by atoms with Crippen molar-refractivity contribution in [3.8, 4) is 11.4 Å². The molecule has 2 heteroatoms. The highest BCUT2D eigenvalue weighted by atomic mass is 14.8. The van der Waals surface area contributed by atoms with Gasteiger partial charge in [0.15, 0.2) is 0 Å². The Bertz CT molecular complexity index is 909. The average molecular weight is 381 g/mol. The number of rotatable bonds is 10. The lowest BCUT2D eigenvalue weighted by Gasteiger charge is -2.04. The highest BCUT2D eigenvalue weighted by Crippen LogP contribution is 2.19. The molecule has 2 aromatic rings. The van der Waals surface area contributed by atoms with E-state index >= 15 is 0 Å². The van der Waals surface area contributed by atoms with Crippen LogP contribution in [0.4, 0.5) is 0 Å². The van der Waals surface area contributed by atoms with Gasteiger partial charge in [0.2, 0.25) is 0 Å². The highest BCUT2D eigenvalue weighted by molar-refractivity contribution is 5.75. The van der Waals surface area contributed by atoms with Gasteiger partial charge in [-0.1, -0.05) is 91.6 Å². The van der Waals surface area contributed by atoms with Crippen molar-refractivity contribution in [2.75, 3.05) is 0 Å². The topological polar surface area (TPSA) is 25.8 Å². The van der Waals surface area contributed by atoms with Gasteiger partial charge in [-0.3, -0.25) is 9.97 Å². The molecule has 0 saturated carbocycles. The van der Waals surface area contributed by atoms with E-state index in [1.54, 1.807) is 12.3 Å². The normalized spacial score (nSPS) is 12.9. The first kappa shape index (κ1) is 21.8. The van der Waals surface area contributed by atoms with Crippen molar-refractivity contribution >= 4 is 5.57 Å². The molecule has 0 amide bonds. The molecular formula is C27H28N2. The molecule has 0 aliphatic heterocycles. The SMILES string of the molecule is C=C/C=C(/C=C/CC/C=C/C=C/C=C/C=C/C)c1ccc(-c2ccccn2)nc1. The Morgan fingerprint density at radius 3 is 2.31 bits per heavy atom. The summed E-state index contributed by atoms with van der Waals surface area (Å²) in [5, 5.41) is 0. The minimum absolute atomic E-state index is 0.870. The zero-order valence-electron chi connectivity index (χ0n) is 17.0. The van der Waals surface area contributed by atoms with E-state index < -0.39 is 0 Å². The van der Waals surface area contributed by atoms with Crippen LogP contribution in [0.1, 0.15) is 25.3 Å². The Morgan fingerprint density at radius 1 is 0.862 bits per heavy atom. The standard InChI is InChI=1S/C27H28N2/c1-3-5-6-7-8-9-10-11-12-13-14-18-24(17-4-2)25-20-21-27(29-23-25)26-19-15-16-22-28-26/h3-11,14-23H,2,12-13H2,1H3/b5-3+,7-6+,9-8+,11-10+,18-14+,24-17-. The zero-order chi connectivity index (χ0) is 20.6. The van der Waals surface area contributed by atoms with Gasteiger partial charge in [-0.15, -0.1) is 0 Å². The van der Waals surface area contributed by atoms with Gasteiger partial charge in [-0.25, -0.2) is 0 Å². The minimum Gasteiger partial charge on any atom is -0.255 e. The molecule has 0 aliphatic carbocycles. The molecule has 0 spiro atoms. The highest BCUT2D eigenvalue weighted by Gasteiger charge is 2.02. The van der Waals surface area contributed by atoms with E-state index in [0.29, 0.717) is 0 Å². The molecule has 0 bridgehead atoms. The van der Waals surface area contributed by atoms with Gasteiger partial charge < -0.3 is 0 Å². The summed E-state index contributed by atoms with van der Waals surface area (Å²) >= 11 is 0. The molecule has 2 rings (SSSR count). The van der Waals surface area contributed by atoms with Gasteiger partial charge in [0.1, 0.15) is 0 Å². The third-order valence-corrected chi connectivity index (χ3v) is 4.00. The number of pyridine rings is 2. The van der Waals surface area contributed by atoms with E-state index in [2.05, 4.69) is 46.9 Å². The predicted molar refractivity (Wildman–Crippen MR) is 126 cm³/mol. The number of hydrogen-bond acceptors (Lipinski definition) is 2. The molecule has 146 valence electrons.